The lowest BCUT2D eigenvalue weighted by molar-refractivity contribution is -0.137. The number of furan rings is 1. The largest absolute Gasteiger partial charge is 0.461 e. The smallest absolute Gasteiger partial charge is 0.416 e. The second-order valence-corrected chi connectivity index (χ2v) is 4.95. The average Bonchev–Trinajstić information content (AvgIpc) is 2.53. The summed E-state index contributed by atoms with van der Waals surface area (Å²) in [6.07, 6.45) is -4.12. The van der Waals surface area contributed by atoms with Crippen molar-refractivity contribution in [1.82, 2.24) is 0 Å². The van der Waals surface area contributed by atoms with Crippen LogP contribution in [0.2, 0.25) is 0 Å². The third-order valence-corrected chi connectivity index (χ3v) is 2.51. The zero-order valence-electron chi connectivity index (χ0n) is 10.0. The van der Waals surface area contributed by atoms with Crippen LogP contribution in [0.3, 0.4) is 0 Å². The van der Waals surface area contributed by atoms with Gasteiger partial charge >= 0.3 is 6.18 Å². The Bertz CT molecular complexity index is 562. The van der Waals surface area contributed by atoms with Gasteiger partial charge in [-0.1, -0.05) is 6.07 Å². The Kier molecular flexibility index (Phi) is 2.89. The van der Waals surface area contributed by atoms with Gasteiger partial charge in [-0.05, 0) is 32.0 Å². The lowest BCUT2D eigenvalue weighted by Gasteiger charge is -2.14. The molecule has 2 rings (SSSR count). The fraction of sp³-hybridized carbons (Fsp3) is 0.385. The van der Waals surface area contributed by atoms with E-state index in [2.05, 4.69) is 0 Å². The van der Waals surface area contributed by atoms with Gasteiger partial charge in [-0.2, -0.15) is 13.2 Å². The van der Waals surface area contributed by atoms with Crippen LogP contribution in [0, 0.1) is 0 Å². The summed E-state index contributed by atoms with van der Waals surface area (Å²) in [5, 5.41) is 10.2. The van der Waals surface area contributed by atoms with Gasteiger partial charge in [0.25, 0.3) is 0 Å². The van der Waals surface area contributed by atoms with Crippen molar-refractivity contribution in [1.29, 1.82) is 0 Å². The van der Waals surface area contributed by atoms with Gasteiger partial charge in [0.2, 0.25) is 0 Å². The average molecular weight is 258 g/mol. The van der Waals surface area contributed by atoms with Crippen LogP contribution >= 0.6 is 0 Å². The van der Waals surface area contributed by atoms with Gasteiger partial charge in [0.15, 0.2) is 0 Å². The molecule has 18 heavy (non-hydrogen) atoms. The molecule has 1 aromatic carbocycles. The van der Waals surface area contributed by atoms with Crippen molar-refractivity contribution < 1.29 is 22.7 Å². The molecule has 2 nitrogen and oxygen atoms in total. The summed E-state index contributed by atoms with van der Waals surface area (Å²) in [6, 6.07) is 5.01. The first-order chi connectivity index (χ1) is 8.15. The highest BCUT2D eigenvalue weighted by atomic mass is 19.4. The van der Waals surface area contributed by atoms with Crippen molar-refractivity contribution in [2.75, 3.05) is 0 Å². The zero-order chi connectivity index (χ0) is 13.6. The van der Waals surface area contributed by atoms with Crippen LogP contribution in [0.15, 0.2) is 28.7 Å². The minimum absolute atomic E-state index is 0.184. The van der Waals surface area contributed by atoms with Crippen LogP contribution in [0.25, 0.3) is 11.0 Å². The first-order valence-electron chi connectivity index (χ1n) is 5.47. The molecule has 1 heterocycles. The highest BCUT2D eigenvalue weighted by Gasteiger charge is 2.31. The molecule has 98 valence electrons. The topological polar surface area (TPSA) is 33.4 Å². The van der Waals surface area contributed by atoms with E-state index in [1.807, 2.05) is 0 Å². The van der Waals surface area contributed by atoms with E-state index < -0.39 is 17.3 Å². The van der Waals surface area contributed by atoms with Gasteiger partial charge in [0.1, 0.15) is 11.3 Å². The first-order valence-corrected chi connectivity index (χ1v) is 5.47. The summed E-state index contributed by atoms with van der Waals surface area (Å²) in [6.45, 7) is 3.22. The van der Waals surface area contributed by atoms with E-state index in [9.17, 15) is 18.3 Å². The monoisotopic (exact) mass is 258 g/mol. The zero-order valence-corrected chi connectivity index (χ0v) is 10.0. The highest BCUT2D eigenvalue weighted by Crippen LogP contribution is 2.32. The molecule has 0 aliphatic rings. The predicted octanol–water partition coefficient (Wildman–Crippen LogP) is 3.77. The van der Waals surface area contributed by atoms with Gasteiger partial charge in [0.05, 0.1) is 11.2 Å². The predicted molar refractivity (Wildman–Crippen MR) is 61.2 cm³/mol. The van der Waals surface area contributed by atoms with E-state index in [1.165, 1.54) is 6.07 Å². The van der Waals surface area contributed by atoms with Gasteiger partial charge < -0.3 is 9.52 Å². The Labute approximate surface area is 102 Å². The molecule has 5 heteroatoms. The lowest BCUT2D eigenvalue weighted by Crippen LogP contribution is -2.21. The van der Waals surface area contributed by atoms with E-state index in [0.717, 1.165) is 12.1 Å². The van der Waals surface area contributed by atoms with Crippen molar-refractivity contribution >= 4 is 11.0 Å². The molecule has 0 aliphatic heterocycles. The molecule has 1 N–H and O–H groups in total. The molecular weight excluding hydrogens is 245 g/mol. The summed E-state index contributed by atoms with van der Waals surface area (Å²) in [5.74, 6) is 0.469. The van der Waals surface area contributed by atoms with Crippen molar-refractivity contribution in [3.05, 3.63) is 35.6 Å². The lowest BCUT2D eigenvalue weighted by atomic mass is 10.0. The number of fused-ring (bicyclic) bond motifs is 1. The number of halogens is 3. The Morgan fingerprint density at radius 2 is 1.83 bits per heavy atom. The van der Waals surface area contributed by atoms with Crippen LogP contribution in [0.1, 0.15) is 25.2 Å². The second-order valence-electron chi connectivity index (χ2n) is 4.95. The number of alkyl halides is 3. The molecule has 0 bridgehead atoms. The summed E-state index contributed by atoms with van der Waals surface area (Å²) in [7, 11) is 0. The third kappa shape index (κ3) is 2.85. The molecule has 2 aromatic rings. The van der Waals surface area contributed by atoms with Gasteiger partial charge in [0, 0.05) is 11.8 Å². The van der Waals surface area contributed by atoms with Gasteiger partial charge in [-0.3, -0.25) is 0 Å². The Balaban J connectivity index is 2.40. The molecule has 0 saturated heterocycles. The minimum Gasteiger partial charge on any atom is -0.461 e. The van der Waals surface area contributed by atoms with E-state index >= 15 is 0 Å². The molecule has 0 fully saturated rings. The maximum Gasteiger partial charge on any atom is 0.416 e. The van der Waals surface area contributed by atoms with E-state index in [4.69, 9.17) is 4.42 Å². The molecule has 0 saturated carbocycles. The number of rotatable bonds is 2. The summed E-state index contributed by atoms with van der Waals surface area (Å²) >= 11 is 0. The second kappa shape index (κ2) is 4.02. The normalized spacial score (nSPS) is 13.2. The SMILES string of the molecule is CC(C)(O)Cc1cc2ccc(C(F)(F)F)cc2o1. The van der Waals surface area contributed by atoms with E-state index in [-0.39, 0.29) is 12.0 Å². The van der Waals surface area contributed by atoms with Crippen molar-refractivity contribution in [2.45, 2.75) is 32.0 Å². The van der Waals surface area contributed by atoms with Crippen molar-refractivity contribution in [3.8, 4) is 0 Å². The molecule has 0 radical (unpaired) electrons. The quantitative estimate of drug-likeness (QED) is 0.889. The number of aliphatic hydroxyl groups is 1. The van der Waals surface area contributed by atoms with E-state index in [0.29, 0.717) is 11.1 Å². The first kappa shape index (κ1) is 13.0. The molecule has 0 aliphatic carbocycles. The Morgan fingerprint density at radius 3 is 2.39 bits per heavy atom. The summed E-state index contributed by atoms with van der Waals surface area (Å²) < 4.78 is 42.9. The van der Waals surface area contributed by atoms with Crippen LogP contribution in [0.4, 0.5) is 13.2 Å². The third-order valence-electron chi connectivity index (χ3n) is 2.51. The van der Waals surface area contributed by atoms with Crippen LogP contribution in [-0.2, 0) is 12.6 Å². The van der Waals surface area contributed by atoms with Crippen LogP contribution in [0.5, 0.6) is 0 Å². The molecule has 0 spiro atoms. The maximum absolute atomic E-state index is 12.5. The van der Waals surface area contributed by atoms with Gasteiger partial charge in [-0.15, -0.1) is 0 Å². The van der Waals surface area contributed by atoms with Crippen LogP contribution in [-0.4, -0.2) is 10.7 Å². The maximum atomic E-state index is 12.5. The summed E-state index contributed by atoms with van der Waals surface area (Å²) in [4.78, 5) is 0. The van der Waals surface area contributed by atoms with Gasteiger partial charge in [-0.25, -0.2) is 0 Å². The molecule has 0 atom stereocenters. The number of hydrogen-bond donors (Lipinski definition) is 1. The Morgan fingerprint density at radius 1 is 1.17 bits per heavy atom. The Hall–Kier alpha value is -1.49. The molecule has 0 unspecified atom stereocenters. The fourth-order valence-electron chi connectivity index (χ4n) is 1.78. The summed E-state index contributed by atoms with van der Waals surface area (Å²) in [5.41, 5.74) is -1.51. The van der Waals surface area contributed by atoms with Crippen LogP contribution < -0.4 is 0 Å². The van der Waals surface area contributed by atoms with E-state index in [1.54, 1.807) is 19.9 Å². The van der Waals surface area contributed by atoms with Crippen molar-refractivity contribution in [2.24, 2.45) is 0 Å². The highest BCUT2D eigenvalue weighted by molar-refractivity contribution is 5.78. The minimum atomic E-state index is -4.38. The fourth-order valence-corrected chi connectivity index (χ4v) is 1.78. The number of hydrogen-bond acceptors (Lipinski definition) is 2. The van der Waals surface area contributed by atoms with Crippen molar-refractivity contribution in [3.63, 3.8) is 0 Å². The molecule has 1 aromatic heterocycles. The number of benzene rings is 1. The standard InChI is InChI=1S/C13H13F3O2/c1-12(2,17)7-10-5-8-3-4-9(13(14,15)16)6-11(8)18-10/h3-6,17H,7H2,1-2H3. The molecular formula is C13H13F3O2. The molecule has 0 amide bonds.